The predicted octanol–water partition coefficient (Wildman–Crippen LogP) is 3.59. The maximum atomic E-state index is 12.7. The van der Waals surface area contributed by atoms with E-state index in [1.165, 1.54) is 12.8 Å². The minimum atomic E-state index is 0.245. The number of para-hydroxylation sites is 1. The van der Waals surface area contributed by atoms with Crippen molar-refractivity contribution in [1.29, 1.82) is 0 Å². The molecule has 2 N–H and O–H groups in total. The molecule has 1 aliphatic heterocycles. The lowest BCUT2D eigenvalue weighted by Crippen LogP contribution is -2.45. The van der Waals surface area contributed by atoms with Gasteiger partial charge in [0.15, 0.2) is 5.96 Å². The van der Waals surface area contributed by atoms with Crippen LogP contribution in [0.25, 0.3) is 11.0 Å². The fourth-order valence-corrected chi connectivity index (χ4v) is 4.55. The first-order chi connectivity index (χ1) is 14.2. The standard InChI is InChI=1S/C23H32N4O2/c1-3-24-23(25-14-21-16(2)19-10-6-7-11-20(19)29-21)26-18-12-13-27(15-18)22(28)17-8-4-5-9-17/h6-7,10-11,17-18H,3-5,8-9,12-15H2,1-2H3,(H2,24,25,26). The van der Waals surface area contributed by atoms with Gasteiger partial charge in [-0.1, -0.05) is 31.0 Å². The second-order valence-corrected chi connectivity index (χ2v) is 8.24. The molecule has 2 heterocycles. The molecule has 4 rings (SSSR count). The van der Waals surface area contributed by atoms with Crippen LogP contribution in [0.2, 0.25) is 0 Å². The number of carbonyl (C=O) groups excluding carboxylic acids is 1. The van der Waals surface area contributed by atoms with Crippen LogP contribution in [0.4, 0.5) is 0 Å². The van der Waals surface area contributed by atoms with Crippen LogP contribution in [0.1, 0.15) is 50.4 Å². The van der Waals surface area contributed by atoms with Crippen molar-refractivity contribution in [3.05, 3.63) is 35.6 Å². The highest BCUT2D eigenvalue weighted by molar-refractivity contribution is 5.83. The number of nitrogens with zero attached hydrogens (tertiary/aromatic N) is 2. The number of rotatable bonds is 5. The molecule has 29 heavy (non-hydrogen) atoms. The second kappa shape index (κ2) is 8.89. The van der Waals surface area contributed by atoms with Gasteiger partial charge in [0, 0.05) is 42.5 Å². The predicted molar refractivity (Wildman–Crippen MR) is 116 cm³/mol. The minimum absolute atomic E-state index is 0.245. The third-order valence-electron chi connectivity index (χ3n) is 6.21. The van der Waals surface area contributed by atoms with Crippen molar-refractivity contribution in [1.82, 2.24) is 15.5 Å². The molecule has 1 aromatic heterocycles. The average molecular weight is 397 g/mol. The van der Waals surface area contributed by atoms with Crippen molar-refractivity contribution in [3.63, 3.8) is 0 Å². The number of hydrogen-bond donors (Lipinski definition) is 2. The first-order valence-corrected chi connectivity index (χ1v) is 11.0. The van der Waals surface area contributed by atoms with E-state index in [4.69, 9.17) is 9.41 Å². The van der Waals surface area contributed by atoms with E-state index in [1.807, 2.05) is 23.1 Å². The molecule has 1 aliphatic carbocycles. The van der Waals surface area contributed by atoms with Crippen molar-refractivity contribution in [2.24, 2.45) is 10.9 Å². The summed E-state index contributed by atoms with van der Waals surface area (Å²) in [5, 5.41) is 7.99. The summed E-state index contributed by atoms with van der Waals surface area (Å²) in [6.07, 6.45) is 5.49. The molecule has 1 amide bonds. The quantitative estimate of drug-likeness (QED) is 0.599. The van der Waals surface area contributed by atoms with Gasteiger partial charge in [0.05, 0.1) is 0 Å². The second-order valence-electron chi connectivity index (χ2n) is 8.24. The van der Waals surface area contributed by atoms with E-state index in [0.29, 0.717) is 12.5 Å². The Morgan fingerprint density at radius 1 is 1.24 bits per heavy atom. The number of nitrogens with one attached hydrogen (secondary N) is 2. The summed E-state index contributed by atoms with van der Waals surface area (Å²) < 4.78 is 5.99. The molecule has 2 fully saturated rings. The molecule has 1 atom stereocenters. The highest BCUT2D eigenvalue weighted by Crippen LogP contribution is 2.28. The Labute approximate surface area is 172 Å². The normalized spacial score (nSPS) is 20.6. The Balaban J connectivity index is 1.38. The number of carbonyl (C=O) groups is 1. The molecule has 6 heteroatoms. The van der Waals surface area contributed by atoms with Crippen LogP contribution in [0.15, 0.2) is 33.7 Å². The van der Waals surface area contributed by atoms with E-state index >= 15 is 0 Å². The van der Waals surface area contributed by atoms with Gasteiger partial charge in [0.2, 0.25) is 5.91 Å². The average Bonchev–Trinajstić information content (AvgIpc) is 3.47. The molecule has 156 valence electrons. The van der Waals surface area contributed by atoms with E-state index in [2.05, 4.69) is 30.5 Å². The smallest absolute Gasteiger partial charge is 0.225 e. The zero-order valence-corrected chi connectivity index (χ0v) is 17.5. The third-order valence-corrected chi connectivity index (χ3v) is 6.21. The zero-order valence-electron chi connectivity index (χ0n) is 17.5. The van der Waals surface area contributed by atoms with Crippen LogP contribution in [0, 0.1) is 12.8 Å². The van der Waals surface area contributed by atoms with Gasteiger partial charge in [0.1, 0.15) is 17.9 Å². The molecule has 0 bridgehead atoms. The molecule has 1 saturated carbocycles. The number of aliphatic imine (C=N–C) groups is 1. The first-order valence-electron chi connectivity index (χ1n) is 11.0. The Morgan fingerprint density at radius 2 is 2.03 bits per heavy atom. The van der Waals surface area contributed by atoms with E-state index in [1.54, 1.807) is 0 Å². The molecular weight excluding hydrogens is 364 g/mol. The minimum Gasteiger partial charge on any atom is -0.459 e. The number of furan rings is 1. The molecule has 0 radical (unpaired) electrons. The Bertz CT molecular complexity index is 882. The first kappa shape index (κ1) is 19.8. The molecule has 1 aromatic carbocycles. The van der Waals surface area contributed by atoms with E-state index in [9.17, 15) is 4.79 Å². The number of hydrogen-bond acceptors (Lipinski definition) is 3. The summed E-state index contributed by atoms with van der Waals surface area (Å²) in [6.45, 7) is 7.04. The van der Waals surface area contributed by atoms with Gasteiger partial charge in [0.25, 0.3) is 0 Å². The van der Waals surface area contributed by atoms with Gasteiger partial charge in [-0.25, -0.2) is 4.99 Å². The lowest BCUT2D eigenvalue weighted by Gasteiger charge is -2.21. The van der Waals surface area contributed by atoms with Crippen LogP contribution < -0.4 is 10.6 Å². The Kier molecular flexibility index (Phi) is 6.07. The fourth-order valence-electron chi connectivity index (χ4n) is 4.55. The van der Waals surface area contributed by atoms with Crippen molar-refractivity contribution >= 4 is 22.8 Å². The lowest BCUT2D eigenvalue weighted by molar-refractivity contribution is -0.134. The SMILES string of the molecule is CCNC(=NCc1oc2ccccc2c1C)NC1CCN(C(=O)C2CCCC2)C1. The van der Waals surface area contributed by atoms with Crippen LogP contribution in [0.3, 0.4) is 0 Å². The highest BCUT2D eigenvalue weighted by Gasteiger charge is 2.32. The van der Waals surface area contributed by atoms with Gasteiger partial charge < -0.3 is 20.0 Å². The van der Waals surface area contributed by atoms with Gasteiger partial charge in [-0.05, 0) is 39.2 Å². The third kappa shape index (κ3) is 4.41. The topological polar surface area (TPSA) is 69.9 Å². The zero-order chi connectivity index (χ0) is 20.2. The Hall–Kier alpha value is -2.50. The van der Waals surface area contributed by atoms with Crippen LogP contribution in [0.5, 0.6) is 0 Å². The number of aryl methyl sites for hydroxylation is 1. The van der Waals surface area contributed by atoms with Crippen molar-refractivity contribution in [2.45, 2.75) is 58.5 Å². The molecule has 1 unspecified atom stereocenters. The monoisotopic (exact) mass is 396 g/mol. The van der Waals surface area contributed by atoms with Gasteiger partial charge in [-0.3, -0.25) is 4.79 Å². The van der Waals surface area contributed by atoms with Crippen molar-refractivity contribution in [3.8, 4) is 0 Å². The Morgan fingerprint density at radius 3 is 2.79 bits per heavy atom. The molecule has 2 aromatic rings. The lowest BCUT2D eigenvalue weighted by atomic mass is 10.1. The van der Waals surface area contributed by atoms with E-state index in [-0.39, 0.29) is 12.0 Å². The molecule has 0 spiro atoms. The van der Waals surface area contributed by atoms with E-state index < -0.39 is 0 Å². The number of benzene rings is 1. The molecule has 6 nitrogen and oxygen atoms in total. The fraction of sp³-hybridized carbons (Fsp3) is 0.565. The summed E-state index contributed by atoms with van der Waals surface area (Å²) >= 11 is 0. The summed E-state index contributed by atoms with van der Waals surface area (Å²) in [5.74, 6) is 2.29. The summed E-state index contributed by atoms with van der Waals surface area (Å²) in [4.78, 5) is 19.5. The molecule has 2 aliphatic rings. The summed E-state index contributed by atoms with van der Waals surface area (Å²) in [5.41, 5.74) is 2.06. The number of amides is 1. The maximum Gasteiger partial charge on any atom is 0.225 e. The van der Waals surface area contributed by atoms with Crippen LogP contribution in [-0.2, 0) is 11.3 Å². The molecular formula is C23H32N4O2. The summed E-state index contributed by atoms with van der Waals surface area (Å²) in [7, 11) is 0. The van der Waals surface area contributed by atoms with Gasteiger partial charge in [-0.15, -0.1) is 0 Å². The van der Waals surface area contributed by atoms with Crippen molar-refractivity contribution < 1.29 is 9.21 Å². The largest absolute Gasteiger partial charge is 0.459 e. The highest BCUT2D eigenvalue weighted by atomic mass is 16.3. The molecule has 1 saturated heterocycles. The van der Waals surface area contributed by atoms with Gasteiger partial charge in [-0.2, -0.15) is 0 Å². The number of fused-ring (bicyclic) bond motifs is 1. The number of guanidine groups is 1. The summed E-state index contributed by atoms with van der Waals surface area (Å²) in [6, 6.07) is 8.34. The maximum absolute atomic E-state index is 12.7. The van der Waals surface area contributed by atoms with E-state index in [0.717, 1.165) is 67.1 Å². The van der Waals surface area contributed by atoms with Crippen LogP contribution >= 0.6 is 0 Å². The number of likely N-dealkylation sites (tertiary alicyclic amines) is 1. The van der Waals surface area contributed by atoms with Gasteiger partial charge >= 0.3 is 0 Å². The van der Waals surface area contributed by atoms with Crippen LogP contribution in [-0.4, -0.2) is 42.4 Å². The van der Waals surface area contributed by atoms with Crippen molar-refractivity contribution in [2.75, 3.05) is 19.6 Å².